The highest BCUT2D eigenvalue weighted by Gasteiger charge is 2.14. The zero-order valence-corrected chi connectivity index (χ0v) is 15.1. The normalized spacial score (nSPS) is 11.7. The van der Waals surface area contributed by atoms with Gasteiger partial charge in [-0.1, -0.05) is 27.5 Å². The van der Waals surface area contributed by atoms with Gasteiger partial charge in [-0.25, -0.2) is 0 Å². The Morgan fingerprint density at radius 1 is 1.22 bits per heavy atom. The van der Waals surface area contributed by atoms with Crippen molar-refractivity contribution >= 4 is 33.4 Å². The van der Waals surface area contributed by atoms with Gasteiger partial charge < -0.3 is 14.8 Å². The van der Waals surface area contributed by atoms with Crippen LogP contribution in [-0.4, -0.2) is 25.7 Å². The van der Waals surface area contributed by atoms with Crippen molar-refractivity contribution in [2.24, 2.45) is 0 Å². The summed E-state index contributed by atoms with van der Waals surface area (Å²) in [4.78, 5) is 12.2. The van der Waals surface area contributed by atoms with Gasteiger partial charge in [-0.3, -0.25) is 4.79 Å². The molecule has 0 saturated carbocycles. The molecular formula is C17H17BrClNO3. The Balaban J connectivity index is 1.89. The number of benzene rings is 2. The zero-order valence-electron chi connectivity index (χ0n) is 12.8. The van der Waals surface area contributed by atoms with Crippen molar-refractivity contribution in [3.8, 4) is 11.5 Å². The van der Waals surface area contributed by atoms with Crippen molar-refractivity contribution in [2.75, 3.05) is 13.7 Å². The van der Waals surface area contributed by atoms with E-state index in [1.807, 2.05) is 31.2 Å². The van der Waals surface area contributed by atoms with E-state index in [-0.39, 0.29) is 11.9 Å². The lowest BCUT2D eigenvalue weighted by Crippen LogP contribution is -2.36. The first kappa shape index (κ1) is 17.6. The first-order valence-electron chi connectivity index (χ1n) is 7.02. The lowest BCUT2D eigenvalue weighted by atomic mass is 10.2. The zero-order chi connectivity index (χ0) is 16.8. The number of carbonyl (C=O) groups is 1. The highest BCUT2D eigenvalue weighted by atomic mass is 79.9. The van der Waals surface area contributed by atoms with Crippen molar-refractivity contribution in [2.45, 2.75) is 13.0 Å². The number of amides is 1. The summed E-state index contributed by atoms with van der Waals surface area (Å²) >= 11 is 9.38. The van der Waals surface area contributed by atoms with Crippen molar-refractivity contribution in [3.63, 3.8) is 0 Å². The largest absolute Gasteiger partial charge is 0.497 e. The Kier molecular flexibility index (Phi) is 6.30. The maximum atomic E-state index is 12.2. The number of rotatable bonds is 6. The topological polar surface area (TPSA) is 47.6 Å². The van der Waals surface area contributed by atoms with Crippen LogP contribution in [0.4, 0.5) is 0 Å². The van der Waals surface area contributed by atoms with Crippen molar-refractivity contribution in [1.82, 2.24) is 5.32 Å². The molecule has 0 saturated heterocycles. The van der Waals surface area contributed by atoms with Crippen LogP contribution in [0.15, 0.2) is 46.9 Å². The summed E-state index contributed by atoms with van der Waals surface area (Å²) in [6.45, 7) is 2.22. The van der Waals surface area contributed by atoms with Crippen molar-refractivity contribution in [3.05, 3.63) is 57.5 Å². The Labute approximate surface area is 148 Å². The molecule has 0 aliphatic heterocycles. The van der Waals surface area contributed by atoms with Gasteiger partial charge in [0.05, 0.1) is 23.7 Å². The highest BCUT2D eigenvalue weighted by molar-refractivity contribution is 9.10. The van der Waals surface area contributed by atoms with E-state index in [1.54, 1.807) is 25.3 Å². The van der Waals surface area contributed by atoms with E-state index in [2.05, 4.69) is 21.2 Å². The molecule has 2 aromatic carbocycles. The standard InChI is InChI=1S/C17H17BrClNO3/c1-11(10-23-14-6-4-13(22-2)5-7-14)20-17(21)15-9-12(18)3-8-16(15)19/h3-9,11H,10H2,1-2H3,(H,20,21)/t11-/m1/s1. The van der Waals surface area contributed by atoms with E-state index in [9.17, 15) is 4.79 Å². The number of hydrogen-bond donors (Lipinski definition) is 1. The van der Waals surface area contributed by atoms with Gasteiger partial charge in [-0.2, -0.15) is 0 Å². The second kappa shape index (κ2) is 8.22. The van der Waals surface area contributed by atoms with Gasteiger partial charge in [0, 0.05) is 4.47 Å². The van der Waals surface area contributed by atoms with Crippen LogP contribution in [0.25, 0.3) is 0 Å². The van der Waals surface area contributed by atoms with Gasteiger partial charge in [0.2, 0.25) is 0 Å². The first-order valence-corrected chi connectivity index (χ1v) is 8.19. The van der Waals surface area contributed by atoms with E-state index >= 15 is 0 Å². The third-order valence-electron chi connectivity index (χ3n) is 3.11. The van der Waals surface area contributed by atoms with Crippen LogP contribution in [0.1, 0.15) is 17.3 Å². The third kappa shape index (κ3) is 5.15. The minimum Gasteiger partial charge on any atom is -0.497 e. The highest BCUT2D eigenvalue weighted by Crippen LogP contribution is 2.21. The van der Waals surface area contributed by atoms with Gasteiger partial charge in [0.25, 0.3) is 5.91 Å². The molecule has 2 aromatic rings. The smallest absolute Gasteiger partial charge is 0.253 e. The summed E-state index contributed by atoms with van der Waals surface area (Å²) in [7, 11) is 1.61. The Bertz CT molecular complexity index is 676. The SMILES string of the molecule is COc1ccc(OC[C@@H](C)NC(=O)c2cc(Br)ccc2Cl)cc1. The molecule has 0 radical (unpaired) electrons. The number of methoxy groups -OCH3 is 1. The minimum atomic E-state index is -0.234. The molecule has 0 aliphatic rings. The van der Waals surface area contributed by atoms with Crippen LogP contribution in [-0.2, 0) is 0 Å². The summed E-state index contributed by atoms with van der Waals surface area (Å²) in [5.74, 6) is 1.25. The van der Waals surface area contributed by atoms with Gasteiger partial charge in [-0.15, -0.1) is 0 Å². The average Bonchev–Trinajstić information content (AvgIpc) is 2.55. The maximum Gasteiger partial charge on any atom is 0.253 e. The lowest BCUT2D eigenvalue weighted by molar-refractivity contribution is 0.0927. The maximum absolute atomic E-state index is 12.2. The van der Waals surface area contributed by atoms with Crippen LogP contribution in [0, 0.1) is 0 Å². The molecule has 0 fully saturated rings. The second-order valence-corrected chi connectivity index (χ2v) is 6.31. The molecular weight excluding hydrogens is 382 g/mol. The molecule has 0 spiro atoms. The van der Waals surface area contributed by atoms with Crippen molar-refractivity contribution in [1.29, 1.82) is 0 Å². The summed E-state index contributed by atoms with van der Waals surface area (Å²) in [6, 6.07) is 12.3. The monoisotopic (exact) mass is 397 g/mol. The number of hydrogen-bond acceptors (Lipinski definition) is 3. The number of carbonyl (C=O) groups excluding carboxylic acids is 1. The molecule has 23 heavy (non-hydrogen) atoms. The van der Waals surface area contributed by atoms with Gasteiger partial charge in [0.15, 0.2) is 0 Å². The summed E-state index contributed by atoms with van der Waals surface area (Å²) < 4.78 is 11.5. The van der Waals surface area contributed by atoms with Gasteiger partial charge in [0.1, 0.15) is 18.1 Å². The predicted molar refractivity (Wildman–Crippen MR) is 94.6 cm³/mol. The van der Waals surface area contributed by atoms with Crippen molar-refractivity contribution < 1.29 is 14.3 Å². The third-order valence-corrected chi connectivity index (χ3v) is 3.93. The Morgan fingerprint density at radius 2 is 1.87 bits per heavy atom. The molecule has 0 unspecified atom stereocenters. The molecule has 1 amide bonds. The average molecular weight is 399 g/mol. The van der Waals surface area contributed by atoms with Crippen LogP contribution < -0.4 is 14.8 Å². The van der Waals surface area contributed by atoms with Gasteiger partial charge >= 0.3 is 0 Å². The molecule has 0 aromatic heterocycles. The number of halogens is 2. The summed E-state index contributed by atoms with van der Waals surface area (Å²) in [5, 5.41) is 3.27. The fourth-order valence-corrected chi connectivity index (χ4v) is 2.47. The minimum absolute atomic E-state index is 0.167. The van der Waals surface area contributed by atoms with Crippen LogP contribution in [0.5, 0.6) is 11.5 Å². The second-order valence-electron chi connectivity index (χ2n) is 4.99. The van der Waals surface area contributed by atoms with E-state index in [1.165, 1.54) is 0 Å². The predicted octanol–water partition coefficient (Wildman–Crippen LogP) is 4.31. The van der Waals surface area contributed by atoms with E-state index in [0.717, 1.165) is 10.2 Å². The fourth-order valence-electron chi connectivity index (χ4n) is 1.91. The van der Waals surface area contributed by atoms with E-state index < -0.39 is 0 Å². The van der Waals surface area contributed by atoms with Crippen LogP contribution >= 0.6 is 27.5 Å². The first-order chi connectivity index (χ1) is 11.0. The molecule has 4 nitrogen and oxygen atoms in total. The van der Waals surface area contributed by atoms with Crippen LogP contribution in [0.3, 0.4) is 0 Å². The van der Waals surface area contributed by atoms with E-state index in [4.69, 9.17) is 21.1 Å². The Morgan fingerprint density at radius 3 is 2.52 bits per heavy atom. The molecule has 0 aliphatic carbocycles. The number of nitrogens with one attached hydrogen (secondary N) is 1. The summed E-state index contributed by atoms with van der Waals surface area (Å²) in [5.41, 5.74) is 0.428. The quantitative estimate of drug-likeness (QED) is 0.789. The molecule has 0 bridgehead atoms. The molecule has 122 valence electrons. The van der Waals surface area contributed by atoms with Crippen LogP contribution in [0.2, 0.25) is 5.02 Å². The van der Waals surface area contributed by atoms with Gasteiger partial charge in [-0.05, 0) is 49.4 Å². The summed E-state index contributed by atoms with van der Waals surface area (Å²) in [6.07, 6.45) is 0. The lowest BCUT2D eigenvalue weighted by Gasteiger charge is -2.16. The van der Waals surface area contributed by atoms with E-state index in [0.29, 0.717) is 22.9 Å². The fraction of sp³-hybridized carbons (Fsp3) is 0.235. The Hall–Kier alpha value is -1.72. The molecule has 1 atom stereocenters. The molecule has 1 N–H and O–H groups in total. The molecule has 6 heteroatoms. The number of ether oxygens (including phenoxy) is 2. The molecule has 2 rings (SSSR count). The molecule has 0 heterocycles.